The lowest BCUT2D eigenvalue weighted by Gasteiger charge is -2.40. The largest absolute Gasteiger partial charge is 0.487 e. The van der Waals surface area contributed by atoms with Crippen molar-refractivity contribution in [1.82, 2.24) is 0 Å². The highest BCUT2D eigenvalue weighted by Crippen LogP contribution is 2.47. The lowest BCUT2D eigenvalue weighted by Crippen LogP contribution is -2.47. The predicted molar refractivity (Wildman–Crippen MR) is 143 cm³/mol. The lowest BCUT2D eigenvalue weighted by atomic mass is 9.91. The Morgan fingerprint density at radius 1 is 0.500 bits per heavy atom. The van der Waals surface area contributed by atoms with Gasteiger partial charge in [-0.1, -0.05) is 0 Å². The van der Waals surface area contributed by atoms with Gasteiger partial charge in [-0.3, -0.25) is 0 Å². The molecule has 0 atom stereocenters. The van der Waals surface area contributed by atoms with Gasteiger partial charge in [0.1, 0.15) is 22.7 Å². The van der Waals surface area contributed by atoms with Crippen molar-refractivity contribution >= 4 is 11.4 Å². The topological polar surface area (TPSA) is 24.9 Å². The highest BCUT2D eigenvalue weighted by atomic mass is 16.5. The fraction of sp³-hybridized carbons (Fsp3) is 0.600. The number of benzene rings is 2. The van der Waals surface area contributed by atoms with E-state index in [9.17, 15) is 0 Å². The van der Waals surface area contributed by atoms with E-state index in [4.69, 9.17) is 9.47 Å². The minimum Gasteiger partial charge on any atom is -0.487 e. The van der Waals surface area contributed by atoms with Crippen molar-refractivity contribution in [3.63, 3.8) is 0 Å². The number of anilines is 2. The Kier molecular flexibility index (Phi) is 5.21. The molecule has 3 aliphatic heterocycles. The Bertz CT molecular complexity index is 1090. The van der Waals surface area contributed by atoms with E-state index in [1.54, 1.807) is 0 Å². The molecule has 184 valence electrons. The molecule has 4 heteroatoms. The standard InChI is InChI=1S/C30H42N2O2/c1-17-19(3)27-23(15-29(7,8)33-27)21(5)25(17)31-11-13-32(14-12-31)26-18(2)20(4)28-24(22(26)6)16-30(9,10)34-28/h11-16H2,1-10H3. The first-order valence-electron chi connectivity index (χ1n) is 12.9. The van der Waals surface area contributed by atoms with Gasteiger partial charge in [0.2, 0.25) is 0 Å². The van der Waals surface area contributed by atoms with Crippen LogP contribution in [0.15, 0.2) is 0 Å². The Morgan fingerprint density at radius 2 is 0.824 bits per heavy atom. The molecule has 4 nitrogen and oxygen atoms in total. The van der Waals surface area contributed by atoms with Gasteiger partial charge < -0.3 is 19.3 Å². The van der Waals surface area contributed by atoms with E-state index in [0.717, 1.165) is 50.5 Å². The van der Waals surface area contributed by atoms with Gasteiger partial charge in [0.25, 0.3) is 0 Å². The Labute approximate surface area is 206 Å². The van der Waals surface area contributed by atoms with Crippen molar-refractivity contribution in [2.45, 2.75) is 93.3 Å². The summed E-state index contributed by atoms with van der Waals surface area (Å²) in [6.45, 7) is 26.6. The van der Waals surface area contributed by atoms with Gasteiger partial charge in [-0.2, -0.15) is 0 Å². The van der Waals surface area contributed by atoms with Crippen molar-refractivity contribution in [2.75, 3.05) is 36.0 Å². The molecule has 0 radical (unpaired) electrons. The highest BCUT2D eigenvalue weighted by molar-refractivity contribution is 5.72. The first kappa shape index (κ1) is 23.4. The van der Waals surface area contributed by atoms with Crippen molar-refractivity contribution < 1.29 is 9.47 Å². The summed E-state index contributed by atoms with van der Waals surface area (Å²) in [6, 6.07) is 0. The summed E-state index contributed by atoms with van der Waals surface area (Å²) in [5, 5.41) is 0. The molecule has 3 aliphatic rings. The molecule has 0 bridgehead atoms. The number of ether oxygens (including phenoxy) is 2. The van der Waals surface area contributed by atoms with E-state index in [1.807, 2.05) is 0 Å². The van der Waals surface area contributed by atoms with Crippen molar-refractivity contribution in [3.05, 3.63) is 44.5 Å². The zero-order chi connectivity index (χ0) is 24.7. The molecule has 1 saturated heterocycles. The molecule has 3 heterocycles. The van der Waals surface area contributed by atoms with Gasteiger partial charge in [-0.15, -0.1) is 0 Å². The van der Waals surface area contributed by atoms with Crippen LogP contribution in [0.2, 0.25) is 0 Å². The number of hydrogen-bond acceptors (Lipinski definition) is 4. The number of fused-ring (bicyclic) bond motifs is 2. The third kappa shape index (κ3) is 3.48. The zero-order valence-electron chi connectivity index (χ0n) is 23.0. The van der Waals surface area contributed by atoms with Crippen LogP contribution in [0, 0.1) is 41.5 Å². The first-order valence-corrected chi connectivity index (χ1v) is 12.9. The van der Waals surface area contributed by atoms with Crippen molar-refractivity contribution in [2.24, 2.45) is 0 Å². The minimum atomic E-state index is -0.111. The fourth-order valence-corrected chi connectivity index (χ4v) is 6.62. The summed E-state index contributed by atoms with van der Waals surface area (Å²) in [5.74, 6) is 2.26. The van der Waals surface area contributed by atoms with Gasteiger partial charge in [-0.25, -0.2) is 0 Å². The second-order valence-corrected chi connectivity index (χ2v) is 12.1. The van der Waals surface area contributed by atoms with E-state index in [-0.39, 0.29) is 11.2 Å². The van der Waals surface area contributed by atoms with Crippen LogP contribution in [0.25, 0.3) is 0 Å². The van der Waals surface area contributed by atoms with Gasteiger partial charge in [0.15, 0.2) is 0 Å². The van der Waals surface area contributed by atoms with Crippen LogP contribution in [0.1, 0.15) is 72.2 Å². The number of hydrogen-bond donors (Lipinski definition) is 0. The molecule has 0 spiro atoms. The quantitative estimate of drug-likeness (QED) is 0.524. The average molecular weight is 463 g/mol. The normalized spacial score (nSPS) is 20.2. The molecule has 5 rings (SSSR count). The third-order valence-electron chi connectivity index (χ3n) is 8.55. The Morgan fingerprint density at radius 3 is 1.15 bits per heavy atom. The molecule has 1 fully saturated rings. The second-order valence-electron chi connectivity index (χ2n) is 12.1. The molecule has 2 aromatic rings. The van der Waals surface area contributed by atoms with Crippen LogP contribution in [0.3, 0.4) is 0 Å². The molecule has 0 amide bonds. The average Bonchev–Trinajstić information content (AvgIpc) is 3.28. The number of nitrogens with zero attached hydrogens (tertiary/aromatic N) is 2. The summed E-state index contributed by atoms with van der Waals surface area (Å²) in [5.41, 5.74) is 13.7. The molecule has 0 aromatic heterocycles. The van der Waals surface area contributed by atoms with Gasteiger partial charge in [0, 0.05) is 61.5 Å². The smallest absolute Gasteiger partial charge is 0.127 e. The molecular formula is C30H42N2O2. The number of piperazine rings is 1. The third-order valence-corrected chi connectivity index (χ3v) is 8.55. The highest BCUT2D eigenvalue weighted by Gasteiger charge is 2.37. The number of rotatable bonds is 2. The SMILES string of the molecule is Cc1c(C)c(N2CCN(c3c(C)c(C)c4c(c3C)CC(C)(C)O4)CC2)c(C)c2c1OC(C)(C)C2. The first-order chi connectivity index (χ1) is 15.8. The molecule has 0 aliphatic carbocycles. The predicted octanol–water partition coefficient (Wildman–Crippen LogP) is 6.29. The van der Waals surface area contributed by atoms with E-state index < -0.39 is 0 Å². The molecular weight excluding hydrogens is 420 g/mol. The maximum Gasteiger partial charge on any atom is 0.127 e. The molecule has 0 unspecified atom stereocenters. The Hall–Kier alpha value is -2.36. The molecule has 0 N–H and O–H groups in total. The summed E-state index contributed by atoms with van der Waals surface area (Å²) in [6.07, 6.45) is 1.99. The summed E-state index contributed by atoms with van der Waals surface area (Å²) in [4.78, 5) is 5.24. The van der Waals surface area contributed by atoms with Gasteiger partial charge >= 0.3 is 0 Å². The maximum absolute atomic E-state index is 6.36. The summed E-state index contributed by atoms with van der Waals surface area (Å²) in [7, 11) is 0. The summed E-state index contributed by atoms with van der Waals surface area (Å²) >= 11 is 0. The van der Waals surface area contributed by atoms with Crippen LogP contribution in [-0.2, 0) is 12.8 Å². The fourth-order valence-electron chi connectivity index (χ4n) is 6.62. The van der Waals surface area contributed by atoms with Crippen molar-refractivity contribution in [3.8, 4) is 11.5 Å². The second kappa shape index (κ2) is 7.57. The maximum atomic E-state index is 6.36. The van der Waals surface area contributed by atoms with Crippen LogP contribution in [0.4, 0.5) is 11.4 Å². The van der Waals surface area contributed by atoms with Crippen LogP contribution in [-0.4, -0.2) is 37.4 Å². The van der Waals surface area contributed by atoms with Gasteiger partial charge in [0.05, 0.1) is 0 Å². The van der Waals surface area contributed by atoms with Crippen molar-refractivity contribution in [1.29, 1.82) is 0 Å². The van der Waals surface area contributed by atoms with E-state index >= 15 is 0 Å². The van der Waals surface area contributed by atoms with Crippen LogP contribution >= 0.6 is 0 Å². The molecule has 0 saturated carbocycles. The van der Waals surface area contributed by atoms with E-state index in [0.29, 0.717) is 0 Å². The zero-order valence-corrected chi connectivity index (χ0v) is 23.0. The van der Waals surface area contributed by atoms with Crippen LogP contribution in [0.5, 0.6) is 11.5 Å². The lowest BCUT2D eigenvalue weighted by molar-refractivity contribution is 0.137. The minimum absolute atomic E-state index is 0.111. The molecule has 2 aromatic carbocycles. The van der Waals surface area contributed by atoms with Gasteiger partial charge in [-0.05, 0) is 103 Å². The van der Waals surface area contributed by atoms with E-state index in [1.165, 1.54) is 55.9 Å². The van der Waals surface area contributed by atoms with Crippen LogP contribution < -0.4 is 19.3 Å². The molecule has 34 heavy (non-hydrogen) atoms. The Balaban J connectivity index is 1.44. The summed E-state index contributed by atoms with van der Waals surface area (Å²) < 4.78 is 12.7. The van der Waals surface area contributed by atoms with E-state index in [2.05, 4.69) is 79.0 Å². The monoisotopic (exact) mass is 462 g/mol.